The molecule has 0 aliphatic carbocycles. The summed E-state index contributed by atoms with van der Waals surface area (Å²) in [6, 6.07) is 0.0726. The Balaban J connectivity index is 2.87. The molecule has 16 heavy (non-hydrogen) atoms. The van der Waals surface area contributed by atoms with Gasteiger partial charge in [-0.3, -0.25) is 4.68 Å². The van der Waals surface area contributed by atoms with Crippen LogP contribution in [0.15, 0.2) is 0 Å². The van der Waals surface area contributed by atoms with Gasteiger partial charge in [-0.25, -0.2) is 0 Å². The van der Waals surface area contributed by atoms with E-state index in [4.69, 9.17) is 5.73 Å². The molecule has 0 bridgehead atoms. The molecule has 0 saturated carbocycles. The molecule has 0 saturated heterocycles. The smallest absolute Gasteiger partial charge is 0.0644 e. The van der Waals surface area contributed by atoms with E-state index in [9.17, 15) is 0 Å². The molecule has 0 radical (unpaired) electrons. The van der Waals surface area contributed by atoms with Crippen LogP contribution in [0.2, 0.25) is 0 Å². The quantitative estimate of drug-likeness (QED) is 0.856. The number of rotatable bonds is 3. The highest BCUT2D eigenvalue weighted by molar-refractivity contribution is 5.27. The molecule has 0 spiro atoms. The van der Waals surface area contributed by atoms with E-state index in [1.165, 1.54) is 11.3 Å². The van der Waals surface area contributed by atoms with E-state index in [1.54, 1.807) is 0 Å². The maximum absolute atomic E-state index is 5.96. The maximum Gasteiger partial charge on any atom is 0.0644 e. The monoisotopic (exact) mass is 223 g/mol. The summed E-state index contributed by atoms with van der Waals surface area (Å²) in [6.45, 7) is 13.9. The summed E-state index contributed by atoms with van der Waals surface area (Å²) in [5.74, 6) is 0. The number of nitrogens with zero attached hydrogens (tertiary/aromatic N) is 2. The highest BCUT2D eigenvalue weighted by atomic mass is 15.3. The summed E-state index contributed by atoms with van der Waals surface area (Å²) in [4.78, 5) is 0. The van der Waals surface area contributed by atoms with Crippen molar-refractivity contribution in [1.29, 1.82) is 0 Å². The fraction of sp³-hybridized carbons (Fsp3) is 0.769. The van der Waals surface area contributed by atoms with Crippen LogP contribution in [0.3, 0.4) is 0 Å². The van der Waals surface area contributed by atoms with Crippen LogP contribution in [0.4, 0.5) is 0 Å². The van der Waals surface area contributed by atoms with Gasteiger partial charge in [0.05, 0.1) is 5.69 Å². The lowest BCUT2D eigenvalue weighted by Crippen LogP contribution is -2.13. The predicted octanol–water partition coefficient (Wildman–Crippen LogP) is 2.96. The number of aromatic nitrogens is 2. The van der Waals surface area contributed by atoms with Crippen LogP contribution in [0.25, 0.3) is 0 Å². The van der Waals surface area contributed by atoms with Crippen LogP contribution in [0.5, 0.6) is 0 Å². The van der Waals surface area contributed by atoms with Gasteiger partial charge in [0.25, 0.3) is 0 Å². The molecule has 2 N–H and O–H groups in total. The number of aryl methyl sites for hydroxylation is 2. The van der Waals surface area contributed by atoms with Gasteiger partial charge in [-0.2, -0.15) is 5.10 Å². The van der Waals surface area contributed by atoms with E-state index >= 15 is 0 Å². The summed E-state index contributed by atoms with van der Waals surface area (Å²) in [5.41, 5.74) is 9.80. The lowest BCUT2D eigenvalue weighted by Gasteiger charge is -2.18. The third kappa shape index (κ3) is 3.08. The number of hydrogen-bond donors (Lipinski definition) is 1. The van der Waals surface area contributed by atoms with E-state index in [0.29, 0.717) is 5.41 Å². The Labute approximate surface area is 99.0 Å². The molecule has 0 aliphatic rings. The second kappa shape index (κ2) is 4.58. The average Bonchev–Trinajstić information content (AvgIpc) is 2.36. The van der Waals surface area contributed by atoms with Crippen molar-refractivity contribution in [2.45, 2.75) is 60.5 Å². The minimum atomic E-state index is 0.0726. The van der Waals surface area contributed by atoms with Crippen molar-refractivity contribution in [2.24, 2.45) is 11.1 Å². The van der Waals surface area contributed by atoms with Gasteiger partial charge in [0.1, 0.15) is 0 Å². The molecule has 1 rings (SSSR count). The maximum atomic E-state index is 5.96. The number of hydrogen-bond acceptors (Lipinski definition) is 2. The highest BCUT2D eigenvalue weighted by Crippen LogP contribution is 2.23. The van der Waals surface area contributed by atoms with E-state index in [1.807, 2.05) is 13.8 Å². The first-order valence-corrected chi connectivity index (χ1v) is 6.02. The lowest BCUT2D eigenvalue weighted by atomic mass is 9.92. The zero-order chi connectivity index (χ0) is 12.5. The second-order valence-corrected chi connectivity index (χ2v) is 5.91. The largest absolute Gasteiger partial charge is 0.324 e. The first-order valence-electron chi connectivity index (χ1n) is 6.02. The van der Waals surface area contributed by atoms with Crippen molar-refractivity contribution in [3.8, 4) is 0 Å². The van der Waals surface area contributed by atoms with Crippen LogP contribution in [0.1, 0.15) is 57.1 Å². The topological polar surface area (TPSA) is 43.8 Å². The van der Waals surface area contributed by atoms with Crippen LogP contribution in [-0.2, 0) is 6.54 Å². The Bertz CT molecular complexity index is 356. The summed E-state index contributed by atoms with van der Waals surface area (Å²) in [5, 5.41) is 4.57. The third-order valence-electron chi connectivity index (χ3n) is 2.97. The molecule has 1 unspecified atom stereocenters. The summed E-state index contributed by atoms with van der Waals surface area (Å²) in [6.07, 6.45) is 1.13. The van der Waals surface area contributed by atoms with Gasteiger partial charge in [-0.15, -0.1) is 0 Å². The van der Waals surface area contributed by atoms with E-state index in [2.05, 4.69) is 37.5 Å². The van der Waals surface area contributed by atoms with Crippen molar-refractivity contribution >= 4 is 0 Å². The first kappa shape index (κ1) is 13.2. The summed E-state index contributed by atoms with van der Waals surface area (Å²) in [7, 11) is 0. The zero-order valence-electron chi connectivity index (χ0n) is 11.5. The molecule has 92 valence electrons. The van der Waals surface area contributed by atoms with Gasteiger partial charge in [0, 0.05) is 23.8 Å². The van der Waals surface area contributed by atoms with Gasteiger partial charge in [-0.1, -0.05) is 20.8 Å². The Morgan fingerprint density at radius 2 is 1.88 bits per heavy atom. The average molecular weight is 223 g/mol. The van der Waals surface area contributed by atoms with Gasteiger partial charge < -0.3 is 5.73 Å². The van der Waals surface area contributed by atoms with Gasteiger partial charge in [-0.05, 0) is 32.6 Å². The molecule has 0 aliphatic heterocycles. The standard InChI is InChI=1S/C13H25N3/c1-9(14)12-10(2)15-16(11(12)3)8-7-13(4,5)6/h9H,7-8,14H2,1-6H3. The molecule has 0 aromatic carbocycles. The lowest BCUT2D eigenvalue weighted by molar-refractivity contribution is 0.338. The molecule has 3 heteroatoms. The molecule has 1 heterocycles. The molecule has 1 aromatic rings. The van der Waals surface area contributed by atoms with Crippen molar-refractivity contribution < 1.29 is 0 Å². The van der Waals surface area contributed by atoms with Crippen molar-refractivity contribution in [1.82, 2.24) is 9.78 Å². The minimum Gasteiger partial charge on any atom is -0.324 e. The molecule has 1 atom stereocenters. The van der Waals surface area contributed by atoms with E-state index in [-0.39, 0.29) is 6.04 Å². The molecule has 0 amide bonds. The van der Waals surface area contributed by atoms with E-state index in [0.717, 1.165) is 18.7 Å². The number of nitrogens with two attached hydrogens (primary N) is 1. The van der Waals surface area contributed by atoms with Crippen LogP contribution >= 0.6 is 0 Å². The highest BCUT2D eigenvalue weighted by Gasteiger charge is 2.16. The van der Waals surface area contributed by atoms with Crippen LogP contribution in [-0.4, -0.2) is 9.78 Å². The third-order valence-corrected chi connectivity index (χ3v) is 2.97. The second-order valence-electron chi connectivity index (χ2n) is 5.91. The predicted molar refractivity (Wildman–Crippen MR) is 68.4 cm³/mol. The van der Waals surface area contributed by atoms with Crippen LogP contribution in [0, 0.1) is 19.3 Å². The molecule has 1 aromatic heterocycles. The molecule has 0 fully saturated rings. The SMILES string of the molecule is Cc1nn(CCC(C)(C)C)c(C)c1C(C)N. The first-order chi connectivity index (χ1) is 7.22. The van der Waals surface area contributed by atoms with Crippen LogP contribution < -0.4 is 5.73 Å². The van der Waals surface area contributed by atoms with Gasteiger partial charge in [0.15, 0.2) is 0 Å². The fourth-order valence-electron chi connectivity index (χ4n) is 2.03. The van der Waals surface area contributed by atoms with E-state index < -0.39 is 0 Å². The van der Waals surface area contributed by atoms with Crippen molar-refractivity contribution in [3.05, 3.63) is 17.0 Å². The Morgan fingerprint density at radius 3 is 2.25 bits per heavy atom. The minimum absolute atomic E-state index is 0.0726. The Morgan fingerprint density at radius 1 is 1.31 bits per heavy atom. The molecule has 3 nitrogen and oxygen atoms in total. The summed E-state index contributed by atoms with van der Waals surface area (Å²) >= 11 is 0. The Kier molecular flexibility index (Phi) is 3.79. The molecular weight excluding hydrogens is 198 g/mol. The fourth-order valence-corrected chi connectivity index (χ4v) is 2.03. The Hall–Kier alpha value is -0.830. The van der Waals surface area contributed by atoms with Crippen molar-refractivity contribution in [3.63, 3.8) is 0 Å². The normalized spacial score (nSPS) is 14.2. The van der Waals surface area contributed by atoms with Crippen molar-refractivity contribution in [2.75, 3.05) is 0 Å². The zero-order valence-corrected chi connectivity index (χ0v) is 11.5. The van der Waals surface area contributed by atoms with Gasteiger partial charge >= 0.3 is 0 Å². The summed E-state index contributed by atoms with van der Waals surface area (Å²) < 4.78 is 2.10. The molecular formula is C13H25N3. The van der Waals surface area contributed by atoms with Gasteiger partial charge in [0.2, 0.25) is 0 Å².